The molecule has 0 atom stereocenters. The van der Waals surface area contributed by atoms with Crippen molar-refractivity contribution in [2.75, 3.05) is 11.9 Å². The molecule has 2 N–H and O–H groups in total. The molecule has 2 rings (SSSR count). The van der Waals surface area contributed by atoms with E-state index in [1.807, 2.05) is 38.1 Å². The molecule has 0 saturated heterocycles. The molecule has 0 spiro atoms. The van der Waals surface area contributed by atoms with Crippen molar-refractivity contribution >= 4 is 11.7 Å². The topological polar surface area (TPSA) is 67.2 Å². The van der Waals surface area contributed by atoms with Crippen LogP contribution in [0.1, 0.15) is 32.2 Å². The van der Waals surface area contributed by atoms with E-state index in [1.165, 1.54) is 0 Å². The van der Waals surface area contributed by atoms with Crippen LogP contribution in [0.15, 0.2) is 28.8 Å². The number of rotatable bonds is 3. The maximum atomic E-state index is 11.8. The predicted octanol–water partition coefficient (Wildman–Crippen LogP) is 4.13. The Morgan fingerprint density at radius 1 is 1.18 bits per heavy atom. The number of hydrogen-bond acceptors (Lipinski definition) is 3. The first-order valence-electron chi connectivity index (χ1n) is 7.34. The largest absolute Gasteiger partial charge is 0.361 e. The van der Waals surface area contributed by atoms with Crippen LogP contribution in [0.5, 0.6) is 0 Å². The lowest BCUT2D eigenvalue weighted by Crippen LogP contribution is -2.35. The summed E-state index contributed by atoms with van der Waals surface area (Å²) in [5, 5.41) is 9.64. The Morgan fingerprint density at radius 3 is 2.32 bits per heavy atom. The third-order valence-corrected chi connectivity index (χ3v) is 3.24. The van der Waals surface area contributed by atoms with Gasteiger partial charge in [-0.25, -0.2) is 4.79 Å². The van der Waals surface area contributed by atoms with Gasteiger partial charge in [-0.3, -0.25) is 0 Å². The summed E-state index contributed by atoms with van der Waals surface area (Å²) in [6.45, 7) is 10.7. The number of hydrogen-bond donors (Lipinski definition) is 2. The van der Waals surface area contributed by atoms with Gasteiger partial charge in [0, 0.05) is 17.8 Å². The van der Waals surface area contributed by atoms with Crippen LogP contribution >= 0.6 is 0 Å². The van der Waals surface area contributed by atoms with E-state index in [0.717, 1.165) is 28.3 Å². The Balaban J connectivity index is 2.02. The van der Waals surface area contributed by atoms with Crippen molar-refractivity contribution in [1.29, 1.82) is 0 Å². The summed E-state index contributed by atoms with van der Waals surface area (Å²) in [6.07, 6.45) is 0. The highest BCUT2D eigenvalue weighted by atomic mass is 16.5. The Morgan fingerprint density at radius 2 is 1.82 bits per heavy atom. The standard InChI is InChI=1S/C17H23N3O2/c1-11-15(12(2)22-20-11)13-6-8-14(9-7-13)19-16(21)18-10-17(3,4)5/h6-9H,10H2,1-5H3,(H2,18,19,21). The summed E-state index contributed by atoms with van der Waals surface area (Å²) in [4.78, 5) is 11.8. The summed E-state index contributed by atoms with van der Waals surface area (Å²) >= 11 is 0. The molecule has 22 heavy (non-hydrogen) atoms. The molecule has 0 saturated carbocycles. The van der Waals surface area contributed by atoms with Gasteiger partial charge in [-0.1, -0.05) is 38.1 Å². The van der Waals surface area contributed by atoms with E-state index in [-0.39, 0.29) is 11.4 Å². The number of aromatic nitrogens is 1. The number of nitrogens with zero attached hydrogens (tertiary/aromatic N) is 1. The Labute approximate surface area is 131 Å². The molecular weight excluding hydrogens is 278 g/mol. The molecule has 5 nitrogen and oxygen atoms in total. The zero-order valence-corrected chi connectivity index (χ0v) is 13.8. The van der Waals surface area contributed by atoms with E-state index in [1.54, 1.807) is 0 Å². The molecule has 0 radical (unpaired) electrons. The highest BCUT2D eigenvalue weighted by molar-refractivity contribution is 5.89. The Bertz CT molecular complexity index is 632. The first kappa shape index (κ1) is 16.1. The summed E-state index contributed by atoms with van der Waals surface area (Å²) < 4.78 is 5.18. The van der Waals surface area contributed by atoms with Crippen molar-refractivity contribution in [3.8, 4) is 11.1 Å². The lowest BCUT2D eigenvalue weighted by atomic mass is 9.97. The van der Waals surface area contributed by atoms with Crippen LogP contribution in [0.2, 0.25) is 0 Å². The van der Waals surface area contributed by atoms with E-state index in [9.17, 15) is 4.79 Å². The van der Waals surface area contributed by atoms with Gasteiger partial charge in [0.1, 0.15) is 5.76 Å². The van der Waals surface area contributed by atoms with Crippen LogP contribution < -0.4 is 10.6 Å². The normalized spacial score (nSPS) is 11.3. The van der Waals surface area contributed by atoms with Gasteiger partial charge in [-0.05, 0) is 37.0 Å². The first-order valence-corrected chi connectivity index (χ1v) is 7.34. The van der Waals surface area contributed by atoms with Crippen molar-refractivity contribution in [3.05, 3.63) is 35.7 Å². The molecule has 2 amide bonds. The smallest absolute Gasteiger partial charge is 0.319 e. The van der Waals surface area contributed by atoms with Crippen molar-refractivity contribution in [3.63, 3.8) is 0 Å². The number of urea groups is 1. The van der Waals surface area contributed by atoms with E-state index in [2.05, 4.69) is 36.6 Å². The average Bonchev–Trinajstić information content (AvgIpc) is 2.76. The van der Waals surface area contributed by atoms with Crippen molar-refractivity contribution < 1.29 is 9.32 Å². The summed E-state index contributed by atoms with van der Waals surface area (Å²) in [5.74, 6) is 0.793. The van der Waals surface area contributed by atoms with Gasteiger partial charge in [-0.2, -0.15) is 0 Å². The average molecular weight is 301 g/mol. The zero-order valence-electron chi connectivity index (χ0n) is 13.8. The van der Waals surface area contributed by atoms with Gasteiger partial charge in [-0.15, -0.1) is 0 Å². The third-order valence-electron chi connectivity index (χ3n) is 3.24. The Hall–Kier alpha value is -2.30. The maximum absolute atomic E-state index is 11.8. The summed E-state index contributed by atoms with van der Waals surface area (Å²) in [7, 11) is 0. The monoisotopic (exact) mass is 301 g/mol. The zero-order chi connectivity index (χ0) is 16.3. The van der Waals surface area contributed by atoms with Gasteiger partial charge < -0.3 is 15.2 Å². The van der Waals surface area contributed by atoms with Crippen LogP contribution in [-0.4, -0.2) is 17.7 Å². The number of anilines is 1. The quantitative estimate of drug-likeness (QED) is 0.896. The van der Waals surface area contributed by atoms with Crippen molar-refractivity contribution in [1.82, 2.24) is 10.5 Å². The fourth-order valence-corrected chi connectivity index (χ4v) is 2.14. The van der Waals surface area contributed by atoms with Gasteiger partial charge >= 0.3 is 6.03 Å². The molecule has 0 unspecified atom stereocenters. The molecule has 1 aromatic carbocycles. The van der Waals surface area contributed by atoms with Crippen LogP contribution in [-0.2, 0) is 0 Å². The van der Waals surface area contributed by atoms with Gasteiger partial charge in [0.2, 0.25) is 0 Å². The highest BCUT2D eigenvalue weighted by Gasteiger charge is 2.13. The lowest BCUT2D eigenvalue weighted by molar-refractivity contribution is 0.247. The highest BCUT2D eigenvalue weighted by Crippen LogP contribution is 2.27. The van der Waals surface area contributed by atoms with E-state index in [4.69, 9.17) is 4.52 Å². The van der Waals surface area contributed by atoms with Crippen LogP contribution in [0, 0.1) is 19.3 Å². The molecule has 0 aliphatic rings. The molecule has 5 heteroatoms. The minimum Gasteiger partial charge on any atom is -0.361 e. The number of aryl methyl sites for hydroxylation is 2. The fourth-order valence-electron chi connectivity index (χ4n) is 2.14. The summed E-state index contributed by atoms with van der Waals surface area (Å²) in [6, 6.07) is 7.45. The van der Waals surface area contributed by atoms with Gasteiger partial charge in [0.05, 0.1) is 5.69 Å². The first-order chi connectivity index (χ1) is 10.3. The second-order valence-corrected chi connectivity index (χ2v) is 6.64. The number of carbonyl (C=O) groups is 1. The molecule has 1 aromatic heterocycles. The van der Waals surface area contributed by atoms with Gasteiger partial charge in [0.15, 0.2) is 0 Å². The minimum atomic E-state index is -0.194. The second-order valence-electron chi connectivity index (χ2n) is 6.64. The van der Waals surface area contributed by atoms with Crippen LogP contribution in [0.25, 0.3) is 11.1 Å². The van der Waals surface area contributed by atoms with E-state index < -0.39 is 0 Å². The van der Waals surface area contributed by atoms with Gasteiger partial charge in [0.25, 0.3) is 0 Å². The third kappa shape index (κ3) is 4.10. The van der Waals surface area contributed by atoms with Crippen LogP contribution in [0.3, 0.4) is 0 Å². The van der Waals surface area contributed by atoms with Crippen molar-refractivity contribution in [2.45, 2.75) is 34.6 Å². The molecule has 118 valence electrons. The SMILES string of the molecule is Cc1noc(C)c1-c1ccc(NC(=O)NCC(C)(C)C)cc1. The number of benzene rings is 1. The fraction of sp³-hybridized carbons (Fsp3) is 0.412. The maximum Gasteiger partial charge on any atom is 0.319 e. The molecule has 2 aromatic rings. The van der Waals surface area contributed by atoms with E-state index >= 15 is 0 Å². The molecule has 1 heterocycles. The molecule has 0 bridgehead atoms. The molecule has 0 aliphatic carbocycles. The van der Waals surface area contributed by atoms with Crippen LogP contribution in [0.4, 0.5) is 10.5 Å². The second kappa shape index (κ2) is 6.22. The molecule has 0 fully saturated rings. The minimum absolute atomic E-state index is 0.0601. The molecular formula is C17H23N3O2. The Kier molecular flexibility index (Phi) is 4.54. The molecule has 0 aliphatic heterocycles. The lowest BCUT2D eigenvalue weighted by Gasteiger charge is -2.19. The predicted molar refractivity (Wildman–Crippen MR) is 87.9 cm³/mol. The summed E-state index contributed by atoms with van der Waals surface area (Å²) in [5.41, 5.74) is 3.70. The van der Waals surface area contributed by atoms with E-state index in [0.29, 0.717) is 6.54 Å². The van der Waals surface area contributed by atoms with Crippen molar-refractivity contribution in [2.24, 2.45) is 5.41 Å². The number of nitrogens with one attached hydrogen (secondary N) is 2. The number of amides is 2. The number of carbonyl (C=O) groups excluding carboxylic acids is 1.